The zero-order valence-electron chi connectivity index (χ0n) is 9.60. The zero-order chi connectivity index (χ0) is 16.6. The molecule has 1 saturated heterocycles. The molecule has 0 aliphatic carbocycles. The highest BCUT2D eigenvalue weighted by Crippen LogP contribution is 2.66. The van der Waals surface area contributed by atoms with Gasteiger partial charge in [0.2, 0.25) is 0 Å². The van der Waals surface area contributed by atoms with E-state index in [0.717, 1.165) is 0 Å². The summed E-state index contributed by atoms with van der Waals surface area (Å²) in [5.74, 6) is -13.6. The summed E-state index contributed by atoms with van der Waals surface area (Å²) in [4.78, 5) is -3.06. The molecule has 0 amide bonds. The van der Waals surface area contributed by atoms with Crippen LogP contribution in [0.4, 0.5) is 48.3 Å². The molecule has 0 bridgehead atoms. The lowest BCUT2D eigenvalue weighted by molar-refractivity contribution is -0.387. The molecule has 20 heavy (non-hydrogen) atoms. The van der Waals surface area contributed by atoms with Crippen LogP contribution in [0.3, 0.4) is 0 Å². The number of halogens is 11. The van der Waals surface area contributed by atoms with Gasteiger partial charge >= 0.3 is 30.0 Å². The van der Waals surface area contributed by atoms with Crippen molar-refractivity contribution in [2.24, 2.45) is 0 Å². The van der Waals surface area contributed by atoms with E-state index in [0.29, 0.717) is 0 Å². The van der Waals surface area contributed by atoms with E-state index < -0.39 is 40.6 Å². The van der Waals surface area contributed by atoms with Gasteiger partial charge < -0.3 is 0 Å². The molecular weight excluding hydrogens is 319 g/mol. The van der Waals surface area contributed by atoms with Crippen LogP contribution in [0.5, 0.6) is 0 Å². The van der Waals surface area contributed by atoms with Crippen LogP contribution in [0.2, 0.25) is 0 Å². The number of nitrogens with zero attached hydrogens (tertiary/aromatic N) is 1. The van der Waals surface area contributed by atoms with Gasteiger partial charge in [-0.15, -0.1) is 4.90 Å². The summed E-state index contributed by atoms with van der Waals surface area (Å²) in [5.41, 5.74) is -4.23. The average Bonchev–Trinajstić information content (AvgIpc) is 2.18. The lowest BCUT2D eigenvalue weighted by Gasteiger charge is -2.39. The van der Waals surface area contributed by atoms with Crippen LogP contribution in [0.15, 0.2) is 0 Å². The topological polar surface area (TPSA) is 3.24 Å². The van der Waals surface area contributed by atoms with Gasteiger partial charge in [-0.1, -0.05) is 0 Å². The van der Waals surface area contributed by atoms with Crippen LogP contribution in [0.1, 0.15) is 13.8 Å². The van der Waals surface area contributed by atoms with Crippen LogP contribution in [-0.4, -0.2) is 40.6 Å². The Labute approximate surface area is 104 Å². The Balaban J connectivity index is 3.64. The smallest absolute Gasteiger partial charge is 0.236 e. The predicted molar refractivity (Wildman–Crippen MR) is 41.8 cm³/mol. The van der Waals surface area contributed by atoms with Crippen LogP contribution in [0, 0.1) is 0 Å². The first kappa shape index (κ1) is 17.2. The summed E-state index contributed by atoms with van der Waals surface area (Å²) in [6, 6.07) is -19.3. The van der Waals surface area contributed by atoms with E-state index in [9.17, 15) is 48.3 Å². The summed E-state index contributed by atoms with van der Waals surface area (Å²) in [7, 11) is 0. The van der Waals surface area contributed by atoms with Gasteiger partial charge in [0.05, 0.1) is 0 Å². The largest absolute Gasteiger partial charge is 0.394 e. The van der Waals surface area contributed by atoms with Gasteiger partial charge in [0.15, 0.2) is 5.67 Å². The van der Waals surface area contributed by atoms with Gasteiger partial charge in [0, 0.05) is 0 Å². The Morgan fingerprint density at radius 1 is 0.650 bits per heavy atom. The van der Waals surface area contributed by atoms with Crippen molar-refractivity contribution >= 4 is 0 Å². The molecular formula is C8H6F11N. The molecule has 0 atom stereocenters. The maximum atomic E-state index is 13.2. The molecule has 0 saturated carbocycles. The van der Waals surface area contributed by atoms with Crippen molar-refractivity contribution in [3.63, 3.8) is 0 Å². The highest BCUT2D eigenvalue weighted by molar-refractivity contribution is 5.15. The SMILES string of the molecule is CC(C)(F)C(F)(F)N1C(F)(F)C(F)(F)C(F)(F)C1(F)F. The molecule has 0 spiro atoms. The van der Waals surface area contributed by atoms with Crippen molar-refractivity contribution in [3.8, 4) is 0 Å². The molecule has 0 aromatic carbocycles. The quantitative estimate of drug-likeness (QED) is 0.546. The van der Waals surface area contributed by atoms with Crippen molar-refractivity contribution in [3.05, 3.63) is 0 Å². The summed E-state index contributed by atoms with van der Waals surface area (Å²) in [6.07, 6.45) is 0. The molecule has 1 heterocycles. The minimum atomic E-state index is -6.82. The third-order valence-corrected chi connectivity index (χ3v) is 2.71. The second-order valence-corrected chi connectivity index (χ2v) is 4.58. The lowest BCUT2D eigenvalue weighted by atomic mass is 10.1. The van der Waals surface area contributed by atoms with Crippen molar-refractivity contribution in [2.45, 2.75) is 49.5 Å². The fourth-order valence-corrected chi connectivity index (χ4v) is 1.45. The van der Waals surface area contributed by atoms with E-state index in [2.05, 4.69) is 0 Å². The molecule has 1 aliphatic heterocycles. The normalized spacial score (nSPS) is 28.6. The molecule has 0 aromatic heterocycles. The fourth-order valence-electron chi connectivity index (χ4n) is 1.45. The Morgan fingerprint density at radius 3 is 1.10 bits per heavy atom. The van der Waals surface area contributed by atoms with Gasteiger partial charge in [0.1, 0.15) is 0 Å². The van der Waals surface area contributed by atoms with Gasteiger partial charge in [-0.3, -0.25) is 0 Å². The first-order chi connectivity index (χ1) is 8.37. The highest BCUT2D eigenvalue weighted by Gasteiger charge is 2.96. The average molecular weight is 325 g/mol. The van der Waals surface area contributed by atoms with E-state index in [-0.39, 0.29) is 13.8 Å². The zero-order valence-corrected chi connectivity index (χ0v) is 9.60. The fraction of sp³-hybridized carbons (Fsp3) is 1.00. The number of alkyl halides is 11. The monoisotopic (exact) mass is 325 g/mol. The summed E-state index contributed by atoms with van der Waals surface area (Å²) >= 11 is 0. The van der Waals surface area contributed by atoms with Crippen LogP contribution in [-0.2, 0) is 0 Å². The van der Waals surface area contributed by atoms with Crippen molar-refractivity contribution in [2.75, 3.05) is 0 Å². The lowest BCUT2D eigenvalue weighted by Crippen LogP contribution is -2.65. The molecule has 0 N–H and O–H groups in total. The summed E-state index contributed by atoms with van der Waals surface area (Å²) < 4.78 is 142. The number of hydrogen-bond donors (Lipinski definition) is 0. The number of likely N-dealkylation sites (tertiary alicyclic amines) is 1. The Hall–Kier alpha value is -0.810. The Kier molecular flexibility index (Phi) is 3.18. The molecule has 1 nitrogen and oxygen atoms in total. The van der Waals surface area contributed by atoms with Crippen molar-refractivity contribution < 1.29 is 48.3 Å². The Morgan fingerprint density at radius 2 is 0.900 bits per heavy atom. The number of hydrogen-bond acceptors (Lipinski definition) is 1. The molecule has 0 unspecified atom stereocenters. The van der Waals surface area contributed by atoms with Gasteiger partial charge in [-0.2, -0.15) is 43.9 Å². The predicted octanol–water partition coefficient (Wildman–Crippen LogP) is 4.10. The maximum Gasteiger partial charge on any atom is 0.394 e. The van der Waals surface area contributed by atoms with E-state index >= 15 is 0 Å². The van der Waals surface area contributed by atoms with E-state index in [1.807, 2.05) is 0 Å². The second-order valence-electron chi connectivity index (χ2n) is 4.58. The molecule has 0 aromatic rings. The van der Waals surface area contributed by atoms with E-state index in [1.165, 1.54) is 0 Å². The molecule has 12 heteroatoms. The summed E-state index contributed by atoms with van der Waals surface area (Å²) in [6.45, 7) is -0.401. The molecule has 1 rings (SSSR count). The molecule has 120 valence electrons. The third-order valence-electron chi connectivity index (χ3n) is 2.71. The maximum absolute atomic E-state index is 13.2. The van der Waals surface area contributed by atoms with Crippen molar-refractivity contribution in [1.29, 1.82) is 0 Å². The minimum absolute atomic E-state index is 0.201. The van der Waals surface area contributed by atoms with Crippen molar-refractivity contribution in [1.82, 2.24) is 4.90 Å². The first-order valence-electron chi connectivity index (χ1n) is 4.75. The van der Waals surface area contributed by atoms with Crippen LogP contribution >= 0.6 is 0 Å². The van der Waals surface area contributed by atoms with Crippen LogP contribution in [0.25, 0.3) is 0 Å². The van der Waals surface area contributed by atoms with Gasteiger partial charge in [0.25, 0.3) is 0 Å². The first-order valence-corrected chi connectivity index (χ1v) is 4.75. The summed E-state index contributed by atoms with van der Waals surface area (Å²) in [5, 5.41) is 0. The van der Waals surface area contributed by atoms with Gasteiger partial charge in [-0.05, 0) is 13.8 Å². The molecule has 0 radical (unpaired) electrons. The third kappa shape index (κ3) is 1.59. The van der Waals surface area contributed by atoms with E-state index in [1.54, 1.807) is 0 Å². The van der Waals surface area contributed by atoms with Crippen LogP contribution < -0.4 is 0 Å². The second kappa shape index (κ2) is 3.69. The standard InChI is InChI=1S/C8H6F11N/c1-3(2,9)6(14,15)20-7(16,17)4(10,11)5(12,13)8(20,18)19/h1-2H3. The highest BCUT2D eigenvalue weighted by atomic mass is 19.4. The molecule has 1 fully saturated rings. The number of rotatable bonds is 2. The van der Waals surface area contributed by atoms with E-state index in [4.69, 9.17) is 0 Å². The minimum Gasteiger partial charge on any atom is -0.236 e. The Bertz CT molecular complexity index is 381. The molecule has 1 aliphatic rings. The van der Waals surface area contributed by atoms with Gasteiger partial charge in [-0.25, -0.2) is 4.39 Å².